The molecule has 0 radical (unpaired) electrons. The number of hydrogen-bond donors (Lipinski definition) is 0. The Morgan fingerprint density at radius 3 is 2.50 bits per heavy atom. The maximum atomic E-state index is 6.12. The zero-order valence-corrected chi connectivity index (χ0v) is 11.3. The topological polar surface area (TPSA) is 0 Å². The second kappa shape index (κ2) is 4.78. The molecule has 0 fully saturated rings. The zero-order valence-electron chi connectivity index (χ0n) is 10.6. The number of hydrogen-bond acceptors (Lipinski definition) is 0. The first-order valence-corrected chi connectivity index (χ1v) is 6.98. The highest BCUT2D eigenvalue weighted by atomic mass is 35.5. The Hall–Kier alpha value is -1.27. The van der Waals surface area contributed by atoms with Crippen molar-refractivity contribution < 1.29 is 0 Å². The van der Waals surface area contributed by atoms with Crippen LogP contribution in [0.3, 0.4) is 0 Å². The molecule has 0 saturated carbocycles. The van der Waals surface area contributed by atoms with E-state index in [1.165, 1.54) is 29.5 Å². The first kappa shape index (κ1) is 11.8. The molecule has 1 aliphatic carbocycles. The van der Waals surface area contributed by atoms with Gasteiger partial charge in [-0.1, -0.05) is 54.9 Å². The highest BCUT2D eigenvalue weighted by Crippen LogP contribution is 2.42. The molecule has 0 aromatic heterocycles. The van der Waals surface area contributed by atoms with Gasteiger partial charge in [-0.25, -0.2) is 0 Å². The Morgan fingerprint density at radius 2 is 1.72 bits per heavy atom. The Balaban J connectivity index is 2.07. The molecule has 1 heteroatoms. The smallest absolute Gasteiger partial charge is 0.0408 e. The first-order valence-electron chi connectivity index (χ1n) is 6.60. The van der Waals surface area contributed by atoms with Crippen LogP contribution >= 0.6 is 11.6 Å². The van der Waals surface area contributed by atoms with Crippen molar-refractivity contribution in [2.75, 3.05) is 0 Å². The molecule has 0 amide bonds. The fourth-order valence-corrected chi connectivity index (χ4v) is 3.27. The summed E-state index contributed by atoms with van der Waals surface area (Å²) in [5.41, 5.74) is 4.34. The summed E-state index contributed by atoms with van der Waals surface area (Å²) in [6, 6.07) is 17.2. The predicted molar refractivity (Wildman–Crippen MR) is 77.4 cm³/mol. The third-order valence-electron chi connectivity index (χ3n) is 4.04. The molecule has 0 aliphatic heterocycles. The average molecular weight is 257 g/mol. The maximum Gasteiger partial charge on any atom is 0.0408 e. The summed E-state index contributed by atoms with van der Waals surface area (Å²) in [5.74, 6) is 1.19. The van der Waals surface area contributed by atoms with Crippen LogP contribution in [-0.2, 0) is 0 Å². The van der Waals surface area contributed by atoms with Gasteiger partial charge in [-0.05, 0) is 47.6 Å². The summed E-state index contributed by atoms with van der Waals surface area (Å²) in [7, 11) is 0. The van der Waals surface area contributed by atoms with Crippen LogP contribution in [0, 0.1) is 0 Å². The second-order valence-electron chi connectivity index (χ2n) is 5.21. The summed E-state index contributed by atoms with van der Waals surface area (Å²) in [6.45, 7) is 2.33. The molecule has 0 N–H and O–H groups in total. The largest absolute Gasteiger partial charge is 0.0843 e. The summed E-state index contributed by atoms with van der Waals surface area (Å²) in [4.78, 5) is 0. The lowest BCUT2D eigenvalue weighted by molar-refractivity contribution is 0.545. The molecule has 0 spiro atoms. The minimum absolute atomic E-state index is 0.510. The van der Waals surface area contributed by atoms with Gasteiger partial charge in [0.25, 0.3) is 0 Å². The van der Waals surface area contributed by atoms with Crippen molar-refractivity contribution in [3.8, 4) is 0 Å². The minimum atomic E-state index is 0.510. The molecule has 0 nitrogen and oxygen atoms in total. The van der Waals surface area contributed by atoms with Gasteiger partial charge in [0.05, 0.1) is 0 Å². The van der Waals surface area contributed by atoms with Crippen LogP contribution in [0.1, 0.15) is 48.3 Å². The van der Waals surface area contributed by atoms with E-state index in [9.17, 15) is 0 Å². The average Bonchev–Trinajstić information content (AvgIpc) is 2.39. The second-order valence-corrected chi connectivity index (χ2v) is 5.65. The summed E-state index contributed by atoms with van der Waals surface area (Å²) >= 11 is 6.12. The molecule has 92 valence electrons. The van der Waals surface area contributed by atoms with Crippen molar-refractivity contribution in [3.05, 3.63) is 70.2 Å². The van der Waals surface area contributed by atoms with E-state index in [0.717, 1.165) is 5.02 Å². The van der Waals surface area contributed by atoms with Crippen LogP contribution in [0.5, 0.6) is 0 Å². The van der Waals surface area contributed by atoms with Gasteiger partial charge in [0.2, 0.25) is 0 Å². The maximum absolute atomic E-state index is 6.12. The van der Waals surface area contributed by atoms with Gasteiger partial charge in [0, 0.05) is 10.9 Å². The summed E-state index contributed by atoms with van der Waals surface area (Å²) in [6.07, 6.45) is 2.48. The predicted octanol–water partition coefficient (Wildman–Crippen LogP) is 5.37. The number of rotatable bonds is 1. The van der Waals surface area contributed by atoms with Gasteiger partial charge in [-0.15, -0.1) is 0 Å². The fourth-order valence-electron chi connectivity index (χ4n) is 3.07. The first-order chi connectivity index (χ1) is 8.75. The molecular weight excluding hydrogens is 240 g/mol. The van der Waals surface area contributed by atoms with Gasteiger partial charge < -0.3 is 0 Å². The van der Waals surface area contributed by atoms with Crippen LogP contribution in [-0.4, -0.2) is 0 Å². The van der Waals surface area contributed by atoms with Gasteiger partial charge in [-0.3, -0.25) is 0 Å². The number of benzene rings is 2. The van der Waals surface area contributed by atoms with E-state index in [4.69, 9.17) is 11.6 Å². The molecule has 0 bridgehead atoms. The summed E-state index contributed by atoms with van der Waals surface area (Å²) in [5, 5.41) is 0.837. The van der Waals surface area contributed by atoms with Crippen LogP contribution in [0.4, 0.5) is 0 Å². The van der Waals surface area contributed by atoms with Crippen LogP contribution < -0.4 is 0 Å². The molecular formula is C17H17Cl. The van der Waals surface area contributed by atoms with Crippen LogP contribution in [0.15, 0.2) is 48.5 Å². The van der Waals surface area contributed by atoms with E-state index >= 15 is 0 Å². The van der Waals surface area contributed by atoms with E-state index in [1.807, 2.05) is 6.07 Å². The molecule has 0 saturated heterocycles. The molecule has 2 aromatic carbocycles. The van der Waals surface area contributed by atoms with E-state index in [1.54, 1.807) is 0 Å². The third kappa shape index (κ3) is 2.06. The van der Waals surface area contributed by atoms with Crippen LogP contribution in [0.25, 0.3) is 0 Å². The van der Waals surface area contributed by atoms with Crippen LogP contribution in [0.2, 0.25) is 5.02 Å². The molecule has 2 atom stereocenters. The monoisotopic (exact) mass is 256 g/mol. The highest BCUT2D eigenvalue weighted by Gasteiger charge is 2.25. The Kier molecular flexibility index (Phi) is 3.13. The van der Waals surface area contributed by atoms with Crippen molar-refractivity contribution in [1.82, 2.24) is 0 Å². The quantitative estimate of drug-likeness (QED) is 0.644. The fraction of sp³-hybridized carbons (Fsp3) is 0.294. The highest BCUT2D eigenvalue weighted by molar-refractivity contribution is 6.30. The minimum Gasteiger partial charge on any atom is -0.0843 e. The zero-order chi connectivity index (χ0) is 12.5. The van der Waals surface area contributed by atoms with E-state index in [2.05, 4.69) is 49.4 Å². The SMILES string of the molecule is CC1CCC(c2cccc(Cl)c2)c2ccccc21. The molecule has 2 aromatic rings. The molecule has 0 heterocycles. The van der Waals surface area contributed by atoms with E-state index in [0.29, 0.717) is 11.8 Å². The van der Waals surface area contributed by atoms with Gasteiger partial charge >= 0.3 is 0 Å². The Labute approximate surface area is 114 Å². The molecule has 18 heavy (non-hydrogen) atoms. The summed E-state index contributed by atoms with van der Waals surface area (Å²) < 4.78 is 0. The Bertz CT molecular complexity index is 559. The normalized spacial score (nSPS) is 22.6. The van der Waals surface area contributed by atoms with E-state index < -0.39 is 0 Å². The van der Waals surface area contributed by atoms with Gasteiger partial charge in [0.15, 0.2) is 0 Å². The van der Waals surface area contributed by atoms with Gasteiger partial charge in [-0.2, -0.15) is 0 Å². The standard InChI is InChI=1S/C17H17Cl/c1-12-9-10-16(13-5-4-6-14(18)11-13)17-8-3-2-7-15(12)17/h2-8,11-12,16H,9-10H2,1H3. The lowest BCUT2D eigenvalue weighted by atomic mass is 9.75. The molecule has 1 aliphatic rings. The van der Waals surface area contributed by atoms with Crippen molar-refractivity contribution in [2.45, 2.75) is 31.6 Å². The molecule has 3 rings (SSSR count). The Morgan fingerprint density at radius 1 is 0.944 bits per heavy atom. The van der Waals surface area contributed by atoms with Crippen molar-refractivity contribution in [3.63, 3.8) is 0 Å². The molecule has 2 unspecified atom stereocenters. The third-order valence-corrected chi connectivity index (χ3v) is 4.28. The lowest BCUT2D eigenvalue weighted by Gasteiger charge is -2.30. The number of fused-ring (bicyclic) bond motifs is 1. The number of halogens is 1. The van der Waals surface area contributed by atoms with Gasteiger partial charge in [0.1, 0.15) is 0 Å². The van der Waals surface area contributed by atoms with E-state index in [-0.39, 0.29) is 0 Å². The van der Waals surface area contributed by atoms with Crippen molar-refractivity contribution in [1.29, 1.82) is 0 Å². The van der Waals surface area contributed by atoms with Crippen molar-refractivity contribution in [2.24, 2.45) is 0 Å². The van der Waals surface area contributed by atoms with Crippen molar-refractivity contribution >= 4 is 11.6 Å². The lowest BCUT2D eigenvalue weighted by Crippen LogP contribution is -2.13.